The monoisotopic (exact) mass is 303 g/mol. The minimum atomic E-state index is 0.114. The molecule has 0 atom stereocenters. The molecule has 0 aromatic heterocycles. The van der Waals surface area contributed by atoms with Crippen LogP contribution in [-0.4, -0.2) is 19.0 Å². The van der Waals surface area contributed by atoms with Gasteiger partial charge in [-0.05, 0) is 43.0 Å². The van der Waals surface area contributed by atoms with Crippen LogP contribution in [0.25, 0.3) is 5.70 Å². The average molecular weight is 303 g/mol. The maximum absolute atomic E-state index is 9.03. The van der Waals surface area contributed by atoms with Crippen LogP contribution in [0.5, 0.6) is 5.75 Å². The Balaban J connectivity index is 2.24. The lowest BCUT2D eigenvalue weighted by atomic mass is 9.87. The molecule has 0 saturated heterocycles. The molecule has 4 heteroatoms. The Kier molecular flexibility index (Phi) is 3.91. The lowest BCUT2D eigenvalue weighted by Gasteiger charge is -2.33. The number of allylic oxidation sites excluding steroid dienone is 4. The summed E-state index contributed by atoms with van der Waals surface area (Å²) in [5, 5.41) is 18.1. The largest absolute Gasteiger partial charge is 0.456 e. The van der Waals surface area contributed by atoms with Crippen molar-refractivity contribution in [2.75, 3.05) is 14.1 Å². The van der Waals surface area contributed by atoms with Gasteiger partial charge in [-0.25, -0.2) is 0 Å². The van der Waals surface area contributed by atoms with Crippen molar-refractivity contribution in [3.8, 4) is 17.9 Å². The van der Waals surface area contributed by atoms with Gasteiger partial charge in [-0.2, -0.15) is 10.5 Å². The first-order valence-electron chi connectivity index (χ1n) is 7.59. The highest BCUT2D eigenvalue weighted by molar-refractivity contribution is 5.78. The van der Waals surface area contributed by atoms with Crippen LogP contribution in [0.2, 0.25) is 0 Å². The molecule has 0 unspecified atom stereocenters. The predicted molar refractivity (Wildman–Crippen MR) is 87.9 cm³/mol. The Hall–Kier alpha value is -2.98. The van der Waals surface area contributed by atoms with E-state index in [1.807, 2.05) is 44.4 Å². The van der Waals surface area contributed by atoms with Gasteiger partial charge in [-0.3, -0.25) is 0 Å². The number of rotatable bonds is 2. The fourth-order valence-electron chi connectivity index (χ4n) is 3.17. The van der Waals surface area contributed by atoms with Crippen LogP contribution in [0, 0.1) is 22.7 Å². The molecule has 0 amide bonds. The Bertz CT molecular complexity index is 813. The predicted octanol–water partition coefficient (Wildman–Crippen LogP) is 3.76. The van der Waals surface area contributed by atoms with Gasteiger partial charge in [0.25, 0.3) is 0 Å². The highest BCUT2D eigenvalue weighted by Crippen LogP contribution is 2.44. The number of fused-ring (bicyclic) bond motifs is 2. The van der Waals surface area contributed by atoms with Crippen LogP contribution in [-0.2, 0) is 0 Å². The third kappa shape index (κ3) is 2.60. The molecule has 3 rings (SSSR count). The Labute approximate surface area is 136 Å². The van der Waals surface area contributed by atoms with Gasteiger partial charge in [0.1, 0.15) is 29.2 Å². The number of ether oxygens (including phenoxy) is 1. The maximum atomic E-state index is 9.03. The van der Waals surface area contributed by atoms with Crippen LogP contribution in [0.3, 0.4) is 0 Å². The van der Waals surface area contributed by atoms with E-state index in [1.54, 1.807) is 6.08 Å². The number of benzene rings is 1. The summed E-state index contributed by atoms with van der Waals surface area (Å²) in [6, 6.07) is 11.8. The van der Waals surface area contributed by atoms with Crippen LogP contribution < -0.4 is 4.74 Å². The van der Waals surface area contributed by atoms with E-state index in [2.05, 4.69) is 11.0 Å². The minimum absolute atomic E-state index is 0.114. The molecule has 23 heavy (non-hydrogen) atoms. The first-order valence-corrected chi connectivity index (χ1v) is 7.59. The number of nitriles is 2. The molecule has 0 spiro atoms. The summed E-state index contributed by atoms with van der Waals surface area (Å²) in [4.78, 5) is 2.11. The quantitative estimate of drug-likeness (QED) is 0.780. The van der Waals surface area contributed by atoms with E-state index < -0.39 is 0 Å². The van der Waals surface area contributed by atoms with Crippen molar-refractivity contribution in [2.24, 2.45) is 0 Å². The summed E-state index contributed by atoms with van der Waals surface area (Å²) in [5.74, 6) is 1.62. The fraction of sp³-hybridized carbons (Fsp3) is 0.263. The van der Waals surface area contributed by atoms with Crippen molar-refractivity contribution < 1.29 is 4.74 Å². The summed E-state index contributed by atoms with van der Waals surface area (Å²) in [7, 11) is 4.06. The summed E-state index contributed by atoms with van der Waals surface area (Å²) < 4.78 is 6.15. The van der Waals surface area contributed by atoms with Gasteiger partial charge in [0.15, 0.2) is 0 Å². The molecular formula is C19H17N3O. The van der Waals surface area contributed by atoms with Gasteiger partial charge in [0, 0.05) is 25.2 Å². The first kappa shape index (κ1) is 14.9. The first-order chi connectivity index (χ1) is 11.2. The number of hydrogen-bond donors (Lipinski definition) is 0. The van der Waals surface area contributed by atoms with Gasteiger partial charge in [-0.15, -0.1) is 0 Å². The molecule has 0 bridgehead atoms. The molecule has 0 fully saturated rings. The van der Waals surface area contributed by atoms with Gasteiger partial charge >= 0.3 is 0 Å². The van der Waals surface area contributed by atoms with E-state index >= 15 is 0 Å². The van der Waals surface area contributed by atoms with Gasteiger partial charge < -0.3 is 9.64 Å². The number of nitrogens with zero attached hydrogens (tertiary/aromatic N) is 3. The second kappa shape index (κ2) is 6.02. The third-order valence-corrected chi connectivity index (χ3v) is 4.09. The highest BCUT2D eigenvalue weighted by atomic mass is 16.5. The Morgan fingerprint density at radius 3 is 2.61 bits per heavy atom. The van der Waals surface area contributed by atoms with Gasteiger partial charge in [0.2, 0.25) is 0 Å². The Morgan fingerprint density at radius 2 is 1.91 bits per heavy atom. The van der Waals surface area contributed by atoms with Crippen molar-refractivity contribution in [3.63, 3.8) is 0 Å². The second-order valence-electron chi connectivity index (χ2n) is 5.81. The standard InChI is InChI=1S/C19H17N3O/c1-22(2)18-15-7-3-4-9-17(15)23-19-14(6-5-8-16(18)19)10-13(11-20)12-21/h3-4,7,9-10H,5-6,8H2,1-2H3. The van der Waals surface area contributed by atoms with E-state index in [4.69, 9.17) is 15.3 Å². The zero-order chi connectivity index (χ0) is 16.4. The molecule has 1 aliphatic carbocycles. The van der Waals surface area contributed by atoms with Crippen molar-refractivity contribution in [1.82, 2.24) is 4.90 Å². The molecule has 0 radical (unpaired) electrons. The lowest BCUT2D eigenvalue weighted by Crippen LogP contribution is -2.22. The van der Waals surface area contributed by atoms with Crippen molar-refractivity contribution in [1.29, 1.82) is 10.5 Å². The van der Waals surface area contributed by atoms with Crippen LogP contribution in [0.15, 0.2) is 52.8 Å². The topological polar surface area (TPSA) is 60.0 Å². The third-order valence-electron chi connectivity index (χ3n) is 4.09. The summed E-state index contributed by atoms with van der Waals surface area (Å²) in [6.45, 7) is 0. The van der Waals surface area contributed by atoms with Crippen molar-refractivity contribution >= 4 is 5.70 Å². The van der Waals surface area contributed by atoms with Crippen LogP contribution >= 0.6 is 0 Å². The highest BCUT2D eigenvalue weighted by Gasteiger charge is 2.29. The summed E-state index contributed by atoms with van der Waals surface area (Å²) in [5.41, 5.74) is 4.44. The van der Waals surface area contributed by atoms with Crippen LogP contribution in [0.1, 0.15) is 24.8 Å². The number of hydrogen-bond acceptors (Lipinski definition) is 4. The molecule has 1 aromatic rings. The minimum Gasteiger partial charge on any atom is -0.456 e. The molecule has 1 aromatic carbocycles. The fourth-order valence-corrected chi connectivity index (χ4v) is 3.17. The molecule has 4 nitrogen and oxygen atoms in total. The van der Waals surface area contributed by atoms with Crippen molar-refractivity contribution in [2.45, 2.75) is 19.3 Å². The second-order valence-corrected chi connectivity index (χ2v) is 5.81. The summed E-state index contributed by atoms with van der Waals surface area (Å²) in [6.07, 6.45) is 4.39. The zero-order valence-corrected chi connectivity index (χ0v) is 13.3. The average Bonchev–Trinajstić information content (AvgIpc) is 2.57. The van der Waals surface area contributed by atoms with Gasteiger partial charge in [-0.1, -0.05) is 12.1 Å². The lowest BCUT2D eigenvalue weighted by molar-refractivity contribution is 0.399. The number of para-hydroxylation sites is 1. The maximum Gasteiger partial charge on any atom is 0.136 e. The van der Waals surface area contributed by atoms with E-state index in [1.165, 1.54) is 0 Å². The smallest absolute Gasteiger partial charge is 0.136 e. The molecule has 2 aliphatic rings. The zero-order valence-electron chi connectivity index (χ0n) is 13.3. The summed E-state index contributed by atoms with van der Waals surface area (Å²) >= 11 is 0. The van der Waals surface area contributed by atoms with Gasteiger partial charge in [0.05, 0.1) is 5.70 Å². The molecule has 114 valence electrons. The molecule has 1 aliphatic heterocycles. The normalized spacial score (nSPS) is 15.7. The molecule has 0 saturated carbocycles. The van der Waals surface area contributed by atoms with E-state index in [-0.39, 0.29) is 5.57 Å². The van der Waals surface area contributed by atoms with Crippen LogP contribution in [0.4, 0.5) is 0 Å². The molecule has 1 heterocycles. The molecule has 0 N–H and O–H groups in total. The SMILES string of the molecule is CN(C)C1=C2CCCC(C=C(C#N)C#N)=C2Oc2ccccc21. The Morgan fingerprint density at radius 1 is 1.17 bits per heavy atom. The van der Waals surface area contributed by atoms with E-state index in [0.717, 1.165) is 53.2 Å². The van der Waals surface area contributed by atoms with E-state index in [9.17, 15) is 0 Å². The van der Waals surface area contributed by atoms with Crippen molar-refractivity contribution in [3.05, 3.63) is 58.4 Å². The molecular weight excluding hydrogens is 286 g/mol. The van der Waals surface area contributed by atoms with E-state index in [0.29, 0.717) is 0 Å².